The van der Waals surface area contributed by atoms with Crippen molar-refractivity contribution in [2.45, 2.75) is 45.4 Å². The van der Waals surface area contributed by atoms with Crippen molar-refractivity contribution in [1.29, 1.82) is 0 Å². The van der Waals surface area contributed by atoms with Crippen LogP contribution in [0.2, 0.25) is 0 Å². The molecule has 2 heterocycles. The van der Waals surface area contributed by atoms with Crippen LogP contribution in [0.1, 0.15) is 54.9 Å². The van der Waals surface area contributed by atoms with E-state index in [4.69, 9.17) is 0 Å². The van der Waals surface area contributed by atoms with Gasteiger partial charge in [0.15, 0.2) is 0 Å². The second kappa shape index (κ2) is 9.99. The van der Waals surface area contributed by atoms with Gasteiger partial charge < -0.3 is 15.1 Å². The Kier molecular flexibility index (Phi) is 6.90. The molecule has 5 heteroatoms. The Morgan fingerprint density at radius 2 is 1.65 bits per heavy atom. The normalized spacial score (nSPS) is 17.5. The van der Waals surface area contributed by atoms with E-state index in [9.17, 15) is 9.59 Å². The van der Waals surface area contributed by atoms with Crippen LogP contribution in [0.4, 0.5) is 11.4 Å². The van der Waals surface area contributed by atoms with Crippen LogP contribution in [0, 0.1) is 5.92 Å². The van der Waals surface area contributed by atoms with Crippen LogP contribution in [-0.4, -0.2) is 42.9 Å². The van der Waals surface area contributed by atoms with Crippen molar-refractivity contribution < 1.29 is 9.59 Å². The van der Waals surface area contributed by atoms with E-state index in [0.29, 0.717) is 23.6 Å². The first-order valence-corrected chi connectivity index (χ1v) is 11.6. The summed E-state index contributed by atoms with van der Waals surface area (Å²) in [5.74, 6) is 0.697. The number of anilines is 2. The van der Waals surface area contributed by atoms with E-state index >= 15 is 0 Å². The summed E-state index contributed by atoms with van der Waals surface area (Å²) in [6.45, 7) is 5.84. The molecule has 4 rings (SSSR count). The fraction of sp³-hybridized carbons (Fsp3) is 0.462. The van der Waals surface area contributed by atoms with Crippen LogP contribution >= 0.6 is 0 Å². The third-order valence-corrected chi connectivity index (χ3v) is 6.49. The van der Waals surface area contributed by atoms with E-state index in [0.717, 1.165) is 63.1 Å². The quantitative estimate of drug-likeness (QED) is 0.762. The van der Waals surface area contributed by atoms with Crippen molar-refractivity contribution >= 4 is 23.2 Å². The highest BCUT2D eigenvalue weighted by atomic mass is 16.2. The Labute approximate surface area is 185 Å². The van der Waals surface area contributed by atoms with Crippen LogP contribution in [0.5, 0.6) is 0 Å². The largest absolute Gasteiger partial charge is 0.371 e. The first-order valence-electron chi connectivity index (χ1n) is 11.6. The number of likely N-dealkylation sites (tertiary alicyclic amines) is 1. The molecule has 164 valence electrons. The molecule has 0 saturated carbocycles. The number of benzene rings is 2. The summed E-state index contributed by atoms with van der Waals surface area (Å²) in [4.78, 5) is 30.4. The van der Waals surface area contributed by atoms with Crippen molar-refractivity contribution in [3.8, 4) is 0 Å². The first kappa shape index (κ1) is 21.4. The van der Waals surface area contributed by atoms with Crippen LogP contribution in [0.3, 0.4) is 0 Å². The number of carbonyl (C=O) groups excluding carboxylic acids is 2. The zero-order valence-corrected chi connectivity index (χ0v) is 18.5. The van der Waals surface area contributed by atoms with Crippen LogP contribution in [0.25, 0.3) is 0 Å². The summed E-state index contributed by atoms with van der Waals surface area (Å²) >= 11 is 0. The molecule has 0 atom stereocenters. The van der Waals surface area contributed by atoms with Gasteiger partial charge in [0.2, 0.25) is 5.91 Å². The van der Waals surface area contributed by atoms with E-state index in [1.165, 1.54) is 6.42 Å². The van der Waals surface area contributed by atoms with Gasteiger partial charge >= 0.3 is 0 Å². The van der Waals surface area contributed by atoms with Crippen molar-refractivity contribution in [1.82, 2.24) is 4.90 Å². The van der Waals surface area contributed by atoms with Gasteiger partial charge in [-0.2, -0.15) is 0 Å². The summed E-state index contributed by atoms with van der Waals surface area (Å²) in [6, 6.07) is 15.5. The number of amides is 2. The summed E-state index contributed by atoms with van der Waals surface area (Å²) in [7, 11) is 0. The predicted octanol–water partition coefficient (Wildman–Crippen LogP) is 4.73. The average molecular weight is 420 g/mol. The molecule has 0 radical (unpaired) electrons. The molecule has 31 heavy (non-hydrogen) atoms. The molecular weight excluding hydrogens is 386 g/mol. The Morgan fingerprint density at radius 1 is 0.935 bits per heavy atom. The van der Waals surface area contributed by atoms with Crippen LogP contribution in [0.15, 0.2) is 48.5 Å². The molecule has 2 aromatic rings. The summed E-state index contributed by atoms with van der Waals surface area (Å²) in [5, 5.41) is 3.00. The molecule has 2 aliphatic heterocycles. The summed E-state index contributed by atoms with van der Waals surface area (Å²) < 4.78 is 0. The molecular formula is C26H33N3O2. The molecule has 2 amide bonds. The lowest BCUT2D eigenvalue weighted by molar-refractivity contribution is -0.115. The van der Waals surface area contributed by atoms with Gasteiger partial charge in [0, 0.05) is 37.6 Å². The Balaban J connectivity index is 1.55. The van der Waals surface area contributed by atoms with Crippen LogP contribution < -0.4 is 10.2 Å². The average Bonchev–Trinajstić information content (AvgIpc) is 2.80. The van der Waals surface area contributed by atoms with E-state index in [1.54, 1.807) is 0 Å². The van der Waals surface area contributed by atoms with Gasteiger partial charge in [-0.05, 0) is 61.8 Å². The van der Waals surface area contributed by atoms with Gasteiger partial charge in [-0.25, -0.2) is 0 Å². The third kappa shape index (κ3) is 5.46. The minimum atomic E-state index is -0.0675. The second-order valence-corrected chi connectivity index (χ2v) is 8.96. The number of hydrogen-bond donors (Lipinski definition) is 1. The van der Waals surface area contributed by atoms with Gasteiger partial charge in [-0.3, -0.25) is 9.59 Å². The minimum absolute atomic E-state index is 0.0675. The lowest BCUT2D eigenvalue weighted by Gasteiger charge is -2.34. The minimum Gasteiger partial charge on any atom is -0.371 e. The van der Waals surface area contributed by atoms with E-state index in [2.05, 4.69) is 17.1 Å². The number of carbonyl (C=O) groups is 2. The SMILES string of the molecule is CC1CCN(C(=O)c2cc(NC(=O)Cc3ccccc3)ccc2N2CCCCC2)CC1. The highest BCUT2D eigenvalue weighted by Gasteiger charge is 2.26. The number of piperidine rings is 2. The zero-order chi connectivity index (χ0) is 21.6. The molecule has 0 aromatic heterocycles. The zero-order valence-electron chi connectivity index (χ0n) is 18.5. The Hall–Kier alpha value is -2.82. The van der Waals surface area contributed by atoms with Gasteiger partial charge in [0.05, 0.1) is 12.0 Å². The summed E-state index contributed by atoms with van der Waals surface area (Å²) in [5.41, 5.74) is 3.39. The highest BCUT2D eigenvalue weighted by molar-refractivity contribution is 6.02. The molecule has 5 nitrogen and oxygen atoms in total. The summed E-state index contributed by atoms with van der Waals surface area (Å²) in [6.07, 6.45) is 5.99. The molecule has 0 bridgehead atoms. The van der Waals surface area contributed by atoms with Crippen molar-refractivity contribution in [2.75, 3.05) is 36.4 Å². The fourth-order valence-electron chi connectivity index (χ4n) is 4.56. The molecule has 2 aromatic carbocycles. The maximum atomic E-state index is 13.5. The van der Waals surface area contributed by atoms with Gasteiger partial charge in [-0.1, -0.05) is 37.3 Å². The molecule has 0 unspecified atom stereocenters. The van der Waals surface area contributed by atoms with Gasteiger partial charge in [-0.15, -0.1) is 0 Å². The Morgan fingerprint density at radius 3 is 2.35 bits per heavy atom. The lowest BCUT2D eigenvalue weighted by atomic mass is 9.98. The van der Waals surface area contributed by atoms with Crippen molar-refractivity contribution in [2.24, 2.45) is 5.92 Å². The maximum absolute atomic E-state index is 13.5. The molecule has 0 aliphatic carbocycles. The number of hydrogen-bond acceptors (Lipinski definition) is 3. The van der Waals surface area contributed by atoms with E-state index < -0.39 is 0 Å². The third-order valence-electron chi connectivity index (χ3n) is 6.49. The fourth-order valence-corrected chi connectivity index (χ4v) is 4.56. The number of nitrogens with zero attached hydrogens (tertiary/aromatic N) is 2. The monoisotopic (exact) mass is 419 g/mol. The van der Waals surface area contributed by atoms with Crippen LogP contribution in [-0.2, 0) is 11.2 Å². The van der Waals surface area contributed by atoms with Crippen molar-refractivity contribution in [3.05, 3.63) is 59.7 Å². The molecule has 0 spiro atoms. The molecule has 2 fully saturated rings. The molecule has 2 saturated heterocycles. The topological polar surface area (TPSA) is 52.7 Å². The van der Waals surface area contributed by atoms with Gasteiger partial charge in [0.25, 0.3) is 5.91 Å². The maximum Gasteiger partial charge on any atom is 0.256 e. The number of nitrogens with one attached hydrogen (secondary N) is 1. The smallest absolute Gasteiger partial charge is 0.256 e. The lowest BCUT2D eigenvalue weighted by Crippen LogP contribution is -2.39. The second-order valence-electron chi connectivity index (χ2n) is 8.96. The molecule has 2 aliphatic rings. The molecule has 1 N–H and O–H groups in total. The van der Waals surface area contributed by atoms with E-state index in [-0.39, 0.29) is 11.8 Å². The highest BCUT2D eigenvalue weighted by Crippen LogP contribution is 2.29. The first-order chi connectivity index (χ1) is 15.1. The number of rotatable bonds is 5. The Bertz CT molecular complexity index is 898. The van der Waals surface area contributed by atoms with E-state index in [1.807, 2.05) is 53.4 Å². The standard InChI is InChI=1S/C26H33N3O2/c1-20-12-16-29(17-13-20)26(31)23-19-22(10-11-24(23)28-14-6-3-7-15-28)27-25(30)18-21-8-4-2-5-9-21/h2,4-5,8-11,19-20H,3,6-7,12-18H2,1H3,(H,27,30). The predicted molar refractivity (Wildman–Crippen MR) is 126 cm³/mol. The van der Waals surface area contributed by atoms with Crippen molar-refractivity contribution in [3.63, 3.8) is 0 Å². The van der Waals surface area contributed by atoms with Gasteiger partial charge in [0.1, 0.15) is 0 Å².